The van der Waals surface area contributed by atoms with Crippen LogP contribution in [-0.2, 0) is 12.8 Å². The van der Waals surface area contributed by atoms with E-state index in [1.165, 1.54) is 34.8 Å². The average Bonchev–Trinajstić information content (AvgIpc) is 2.76. The predicted molar refractivity (Wildman–Crippen MR) is 52.7 cm³/mol. The molecule has 1 nitrogen and oxygen atoms in total. The molecule has 0 amide bonds. The molecule has 0 atom stereocenters. The molecule has 12 heavy (non-hydrogen) atoms. The van der Waals surface area contributed by atoms with Crippen molar-refractivity contribution in [3.8, 4) is 0 Å². The summed E-state index contributed by atoms with van der Waals surface area (Å²) in [5, 5.41) is 1.37. The minimum Gasteiger partial charge on any atom is -0.246 e. The van der Waals surface area contributed by atoms with Crippen LogP contribution in [0.4, 0.5) is 0 Å². The maximum atomic E-state index is 4.63. The van der Waals surface area contributed by atoms with Crippen molar-refractivity contribution in [1.29, 1.82) is 0 Å². The Balaban J connectivity index is 2.10. The Morgan fingerprint density at radius 1 is 1.50 bits per heavy atom. The van der Waals surface area contributed by atoms with E-state index in [9.17, 15) is 0 Å². The van der Waals surface area contributed by atoms with E-state index in [4.69, 9.17) is 0 Å². The molecular formula is C10H15NS. The van der Waals surface area contributed by atoms with Crippen molar-refractivity contribution < 1.29 is 0 Å². The molecule has 0 unspecified atom stereocenters. The maximum Gasteiger partial charge on any atom is 0.0933 e. The van der Waals surface area contributed by atoms with Crippen molar-refractivity contribution in [2.75, 3.05) is 0 Å². The van der Waals surface area contributed by atoms with Gasteiger partial charge < -0.3 is 0 Å². The molecule has 0 spiro atoms. The van der Waals surface area contributed by atoms with E-state index >= 15 is 0 Å². The van der Waals surface area contributed by atoms with Gasteiger partial charge in [0.05, 0.1) is 10.7 Å². The lowest BCUT2D eigenvalue weighted by molar-refractivity contribution is 0.816. The van der Waals surface area contributed by atoms with Crippen LogP contribution in [0.15, 0.2) is 0 Å². The number of aryl methyl sites for hydroxylation is 2. The van der Waals surface area contributed by atoms with Crippen LogP contribution in [0.25, 0.3) is 0 Å². The molecule has 0 bridgehead atoms. The standard InChI is InChI=1S/C10H15NS/c1-3-9-7(2)12-10(11-9)6-8-4-5-8/h8H,3-6H2,1-2H3. The molecule has 1 aromatic rings. The Kier molecular flexibility index (Phi) is 2.18. The van der Waals surface area contributed by atoms with Crippen LogP contribution in [0.1, 0.15) is 35.3 Å². The first-order valence-electron chi connectivity index (χ1n) is 4.74. The fourth-order valence-electron chi connectivity index (χ4n) is 1.47. The summed E-state index contributed by atoms with van der Waals surface area (Å²) >= 11 is 1.90. The number of nitrogens with zero attached hydrogens (tertiary/aromatic N) is 1. The number of hydrogen-bond donors (Lipinski definition) is 0. The molecule has 1 aromatic heterocycles. The van der Waals surface area contributed by atoms with Crippen LogP contribution in [0, 0.1) is 12.8 Å². The third-order valence-corrected chi connectivity index (χ3v) is 3.47. The second-order valence-electron chi connectivity index (χ2n) is 3.61. The molecule has 1 aliphatic carbocycles. The lowest BCUT2D eigenvalue weighted by Crippen LogP contribution is -1.87. The van der Waals surface area contributed by atoms with Crippen LogP contribution >= 0.6 is 11.3 Å². The first-order chi connectivity index (χ1) is 5.79. The summed E-state index contributed by atoms with van der Waals surface area (Å²) in [5.74, 6) is 0.972. The van der Waals surface area contributed by atoms with Crippen molar-refractivity contribution in [1.82, 2.24) is 4.98 Å². The molecule has 0 N–H and O–H groups in total. The van der Waals surface area contributed by atoms with Crippen LogP contribution < -0.4 is 0 Å². The van der Waals surface area contributed by atoms with E-state index in [-0.39, 0.29) is 0 Å². The van der Waals surface area contributed by atoms with Crippen molar-refractivity contribution in [2.45, 2.75) is 39.5 Å². The predicted octanol–water partition coefficient (Wildman–Crippen LogP) is 2.97. The van der Waals surface area contributed by atoms with Gasteiger partial charge in [-0.25, -0.2) is 4.98 Å². The second kappa shape index (κ2) is 3.17. The molecule has 1 saturated carbocycles. The third kappa shape index (κ3) is 1.69. The Bertz CT molecular complexity index is 273. The molecule has 2 heteroatoms. The van der Waals surface area contributed by atoms with E-state index < -0.39 is 0 Å². The summed E-state index contributed by atoms with van der Waals surface area (Å²) in [6, 6.07) is 0. The molecule has 1 aliphatic rings. The normalized spacial score (nSPS) is 16.8. The molecule has 1 fully saturated rings. The monoisotopic (exact) mass is 181 g/mol. The Morgan fingerprint density at radius 3 is 2.75 bits per heavy atom. The minimum atomic E-state index is 0.972. The van der Waals surface area contributed by atoms with Gasteiger partial charge in [-0.3, -0.25) is 0 Å². The number of hydrogen-bond acceptors (Lipinski definition) is 2. The lowest BCUT2D eigenvalue weighted by atomic mass is 10.3. The van der Waals surface area contributed by atoms with Gasteiger partial charge in [0.15, 0.2) is 0 Å². The van der Waals surface area contributed by atoms with E-state index in [0.29, 0.717) is 0 Å². The van der Waals surface area contributed by atoms with Gasteiger partial charge in [0, 0.05) is 11.3 Å². The highest BCUT2D eigenvalue weighted by Crippen LogP contribution is 2.34. The zero-order valence-corrected chi connectivity index (χ0v) is 8.58. The summed E-state index contributed by atoms with van der Waals surface area (Å²) in [4.78, 5) is 6.05. The van der Waals surface area contributed by atoms with Gasteiger partial charge in [0.1, 0.15) is 0 Å². The second-order valence-corrected chi connectivity index (χ2v) is 4.90. The van der Waals surface area contributed by atoms with Gasteiger partial charge in [-0.1, -0.05) is 6.92 Å². The van der Waals surface area contributed by atoms with E-state index in [1.807, 2.05) is 11.3 Å². The zero-order valence-electron chi connectivity index (χ0n) is 7.76. The highest BCUT2D eigenvalue weighted by atomic mass is 32.1. The minimum absolute atomic E-state index is 0.972. The number of thiazole rings is 1. The van der Waals surface area contributed by atoms with Crippen molar-refractivity contribution in [2.24, 2.45) is 5.92 Å². The molecular weight excluding hydrogens is 166 g/mol. The molecule has 0 aromatic carbocycles. The summed E-state index contributed by atoms with van der Waals surface area (Å²) in [5.41, 5.74) is 1.32. The molecule has 2 rings (SSSR count). The van der Waals surface area contributed by atoms with Crippen LogP contribution in [0.2, 0.25) is 0 Å². The molecule has 0 radical (unpaired) electrons. The zero-order chi connectivity index (χ0) is 8.55. The van der Waals surface area contributed by atoms with Crippen LogP contribution in [0.5, 0.6) is 0 Å². The van der Waals surface area contributed by atoms with Gasteiger partial charge in [-0.05, 0) is 32.1 Å². The fraction of sp³-hybridized carbons (Fsp3) is 0.700. The summed E-state index contributed by atoms with van der Waals surface area (Å²) in [7, 11) is 0. The van der Waals surface area contributed by atoms with Crippen molar-refractivity contribution in [3.05, 3.63) is 15.6 Å². The SMILES string of the molecule is CCc1nc(CC2CC2)sc1C. The first kappa shape index (κ1) is 8.24. The molecule has 0 saturated heterocycles. The smallest absolute Gasteiger partial charge is 0.0933 e. The van der Waals surface area contributed by atoms with Crippen LogP contribution in [-0.4, -0.2) is 4.98 Å². The molecule has 66 valence electrons. The van der Waals surface area contributed by atoms with Gasteiger partial charge in [-0.15, -0.1) is 11.3 Å². The quantitative estimate of drug-likeness (QED) is 0.698. The van der Waals surface area contributed by atoms with Gasteiger partial charge >= 0.3 is 0 Å². The largest absolute Gasteiger partial charge is 0.246 e. The average molecular weight is 181 g/mol. The van der Waals surface area contributed by atoms with E-state index in [1.54, 1.807) is 0 Å². The topological polar surface area (TPSA) is 12.9 Å². The van der Waals surface area contributed by atoms with Gasteiger partial charge in [-0.2, -0.15) is 0 Å². The van der Waals surface area contributed by atoms with E-state index in [0.717, 1.165) is 12.3 Å². The Labute approximate surface area is 77.8 Å². The highest BCUT2D eigenvalue weighted by Gasteiger charge is 2.23. The Hall–Kier alpha value is -0.370. The van der Waals surface area contributed by atoms with Crippen molar-refractivity contribution in [3.63, 3.8) is 0 Å². The Morgan fingerprint density at radius 2 is 2.25 bits per heavy atom. The summed E-state index contributed by atoms with van der Waals surface area (Å²) < 4.78 is 0. The maximum absolute atomic E-state index is 4.63. The van der Waals surface area contributed by atoms with Crippen molar-refractivity contribution >= 4 is 11.3 Å². The summed E-state index contributed by atoms with van der Waals surface area (Å²) in [6.07, 6.45) is 5.19. The number of aromatic nitrogens is 1. The third-order valence-electron chi connectivity index (χ3n) is 2.43. The molecule has 0 aliphatic heterocycles. The fourth-order valence-corrected chi connectivity index (χ4v) is 2.61. The summed E-state index contributed by atoms with van der Waals surface area (Å²) in [6.45, 7) is 4.37. The first-order valence-corrected chi connectivity index (χ1v) is 5.56. The van der Waals surface area contributed by atoms with E-state index in [2.05, 4.69) is 18.8 Å². The van der Waals surface area contributed by atoms with Gasteiger partial charge in [0.2, 0.25) is 0 Å². The van der Waals surface area contributed by atoms with Gasteiger partial charge in [0.25, 0.3) is 0 Å². The number of rotatable bonds is 3. The highest BCUT2D eigenvalue weighted by molar-refractivity contribution is 7.11. The lowest BCUT2D eigenvalue weighted by Gasteiger charge is -1.89. The van der Waals surface area contributed by atoms with Crippen LogP contribution in [0.3, 0.4) is 0 Å². The molecule has 1 heterocycles.